The number of methoxy groups -OCH3 is 1. The van der Waals surface area contributed by atoms with Crippen molar-refractivity contribution in [2.24, 2.45) is 0 Å². The Morgan fingerprint density at radius 3 is 2.24 bits per heavy atom. The van der Waals surface area contributed by atoms with Gasteiger partial charge in [0.25, 0.3) is 0 Å². The van der Waals surface area contributed by atoms with Crippen molar-refractivity contribution >= 4 is 0 Å². The summed E-state index contributed by atoms with van der Waals surface area (Å²) < 4.78 is 19.0. The first-order valence-electron chi connectivity index (χ1n) is 7.06. The maximum absolute atomic E-state index is 13.6. The van der Waals surface area contributed by atoms with Gasteiger partial charge in [0.1, 0.15) is 11.6 Å². The van der Waals surface area contributed by atoms with E-state index in [1.165, 1.54) is 6.07 Å². The number of hydrogen-bond donors (Lipinski definition) is 1. The minimum Gasteiger partial charge on any atom is -0.496 e. The Hall–Kier alpha value is -1.87. The van der Waals surface area contributed by atoms with E-state index in [9.17, 15) is 4.39 Å². The molecule has 0 heterocycles. The molecule has 0 radical (unpaired) electrons. The van der Waals surface area contributed by atoms with E-state index in [4.69, 9.17) is 4.74 Å². The summed E-state index contributed by atoms with van der Waals surface area (Å²) in [5.41, 5.74) is 5.38. The third-order valence-corrected chi connectivity index (χ3v) is 3.94. The lowest BCUT2D eigenvalue weighted by atomic mass is 9.91. The number of hydrogen-bond acceptors (Lipinski definition) is 2. The molecule has 1 unspecified atom stereocenters. The number of rotatable bonds is 4. The molecule has 0 aromatic heterocycles. The zero-order valence-corrected chi connectivity index (χ0v) is 13.3. The zero-order valence-electron chi connectivity index (χ0n) is 13.3. The summed E-state index contributed by atoms with van der Waals surface area (Å²) in [5.74, 6) is 0.667. The predicted octanol–water partition coefficient (Wildman–Crippen LogP) is 4.07. The van der Waals surface area contributed by atoms with E-state index in [2.05, 4.69) is 18.3 Å². The van der Waals surface area contributed by atoms with Gasteiger partial charge in [0, 0.05) is 0 Å². The molecule has 2 nitrogen and oxygen atoms in total. The average molecular weight is 287 g/mol. The minimum absolute atomic E-state index is 0.0368. The molecule has 0 spiro atoms. The van der Waals surface area contributed by atoms with Gasteiger partial charge in [0.05, 0.1) is 13.2 Å². The van der Waals surface area contributed by atoms with Crippen LogP contribution < -0.4 is 10.1 Å². The summed E-state index contributed by atoms with van der Waals surface area (Å²) in [4.78, 5) is 0. The van der Waals surface area contributed by atoms with Crippen molar-refractivity contribution in [3.8, 4) is 5.75 Å². The number of benzene rings is 2. The number of halogens is 1. The summed E-state index contributed by atoms with van der Waals surface area (Å²) in [6, 6.07) is 9.03. The molecule has 0 saturated heterocycles. The highest BCUT2D eigenvalue weighted by molar-refractivity contribution is 5.47. The largest absolute Gasteiger partial charge is 0.496 e. The van der Waals surface area contributed by atoms with Crippen LogP contribution in [0.3, 0.4) is 0 Å². The quantitative estimate of drug-likeness (QED) is 0.915. The summed E-state index contributed by atoms with van der Waals surface area (Å²) in [6.45, 7) is 6.08. The van der Waals surface area contributed by atoms with E-state index in [-0.39, 0.29) is 11.9 Å². The van der Waals surface area contributed by atoms with Crippen LogP contribution in [0.2, 0.25) is 0 Å². The van der Waals surface area contributed by atoms with E-state index in [0.29, 0.717) is 0 Å². The van der Waals surface area contributed by atoms with E-state index < -0.39 is 0 Å². The highest BCUT2D eigenvalue weighted by Gasteiger charge is 2.18. The number of ether oxygens (including phenoxy) is 1. The molecule has 1 N–H and O–H groups in total. The van der Waals surface area contributed by atoms with Crippen LogP contribution in [0, 0.1) is 26.6 Å². The first-order chi connectivity index (χ1) is 9.97. The topological polar surface area (TPSA) is 21.3 Å². The molecule has 0 saturated carbocycles. The van der Waals surface area contributed by atoms with E-state index in [0.717, 1.165) is 33.6 Å². The number of nitrogens with one attached hydrogen (secondary N) is 1. The molecule has 0 aliphatic rings. The molecule has 2 aromatic rings. The van der Waals surface area contributed by atoms with Crippen molar-refractivity contribution in [1.82, 2.24) is 5.32 Å². The normalized spacial score (nSPS) is 12.3. The fourth-order valence-electron chi connectivity index (χ4n) is 2.74. The molecule has 0 amide bonds. The first kappa shape index (κ1) is 15.5. The molecule has 0 aliphatic heterocycles. The molecule has 0 bridgehead atoms. The van der Waals surface area contributed by atoms with Gasteiger partial charge in [0.2, 0.25) is 0 Å². The Labute approximate surface area is 126 Å². The monoisotopic (exact) mass is 287 g/mol. The molecule has 112 valence electrons. The fraction of sp³-hybridized carbons (Fsp3) is 0.333. The van der Waals surface area contributed by atoms with Crippen LogP contribution in [-0.4, -0.2) is 14.2 Å². The molecule has 2 aromatic carbocycles. The van der Waals surface area contributed by atoms with Gasteiger partial charge in [-0.25, -0.2) is 4.39 Å². The van der Waals surface area contributed by atoms with Crippen molar-refractivity contribution in [2.45, 2.75) is 26.8 Å². The molecular formula is C18H22FNO. The third-order valence-electron chi connectivity index (χ3n) is 3.94. The van der Waals surface area contributed by atoms with Crippen molar-refractivity contribution in [3.05, 3.63) is 64.0 Å². The maximum Gasteiger partial charge on any atom is 0.123 e. The van der Waals surface area contributed by atoms with Crippen molar-refractivity contribution in [1.29, 1.82) is 0 Å². The molecule has 21 heavy (non-hydrogen) atoms. The lowest BCUT2D eigenvalue weighted by Crippen LogP contribution is -2.20. The minimum atomic E-state index is -0.210. The smallest absolute Gasteiger partial charge is 0.123 e. The summed E-state index contributed by atoms with van der Waals surface area (Å²) in [5, 5.41) is 3.30. The molecule has 3 heteroatoms. The van der Waals surface area contributed by atoms with Gasteiger partial charge in [0.15, 0.2) is 0 Å². The zero-order chi connectivity index (χ0) is 15.6. The van der Waals surface area contributed by atoms with Gasteiger partial charge >= 0.3 is 0 Å². The van der Waals surface area contributed by atoms with Crippen LogP contribution in [0.4, 0.5) is 4.39 Å². The Balaban J connectivity index is 2.56. The Bertz CT molecular complexity index is 652. The van der Waals surface area contributed by atoms with Crippen LogP contribution >= 0.6 is 0 Å². The average Bonchev–Trinajstić information content (AvgIpc) is 2.46. The molecular weight excluding hydrogens is 265 g/mol. The van der Waals surface area contributed by atoms with E-state index in [1.54, 1.807) is 13.2 Å². The SMILES string of the molecule is CNC(c1cc(F)ccc1C)c1cc(C)c(OC)cc1C. The van der Waals surface area contributed by atoms with Crippen LogP contribution in [0.15, 0.2) is 30.3 Å². The Morgan fingerprint density at radius 2 is 1.62 bits per heavy atom. The van der Waals surface area contributed by atoms with Crippen molar-refractivity contribution in [3.63, 3.8) is 0 Å². The third kappa shape index (κ3) is 3.08. The number of aryl methyl sites for hydroxylation is 3. The summed E-state index contributed by atoms with van der Waals surface area (Å²) >= 11 is 0. The van der Waals surface area contributed by atoms with Gasteiger partial charge in [-0.2, -0.15) is 0 Å². The predicted molar refractivity (Wildman–Crippen MR) is 84.5 cm³/mol. The van der Waals surface area contributed by atoms with Crippen LogP contribution in [0.5, 0.6) is 5.75 Å². The Morgan fingerprint density at radius 1 is 0.952 bits per heavy atom. The Kier molecular flexibility index (Phi) is 4.63. The molecule has 1 atom stereocenters. The summed E-state index contributed by atoms with van der Waals surface area (Å²) in [7, 11) is 3.57. The lowest BCUT2D eigenvalue weighted by molar-refractivity contribution is 0.411. The second-order valence-corrected chi connectivity index (χ2v) is 5.40. The second-order valence-electron chi connectivity index (χ2n) is 5.40. The molecule has 2 rings (SSSR count). The van der Waals surface area contributed by atoms with Gasteiger partial charge in [-0.15, -0.1) is 0 Å². The highest BCUT2D eigenvalue weighted by atomic mass is 19.1. The van der Waals surface area contributed by atoms with E-state index >= 15 is 0 Å². The van der Waals surface area contributed by atoms with Crippen LogP contribution in [0.1, 0.15) is 33.9 Å². The second kappa shape index (κ2) is 6.27. The van der Waals surface area contributed by atoms with Gasteiger partial charge < -0.3 is 10.1 Å². The standard InChI is InChI=1S/C18H22FNO/c1-11-6-7-14(19)10-16(11)18(20-4)15-8-13(3)17(21-5)9-12(15)2/h6-10,18,20H,1-5H3. The molecule has 0 aliphatic carbocycles. The first-order valence-corrected chi connectivity index (χ1v) is 7.06. The van der Waals surface area contributed by atoms with Crippen molar-refractivity contribution < 1.29 is 9.13 Å². The van der Waals surface area contributed by atoms with Crippen LogP contribution in [0.25, 0.3) is 0 Å². The molecule has 0 fully saturated rings. The van der Waals surface area contributed by atoms with E-state index in [1.807, 2.05) is 33.0 Å². The fourth-order valence-corrected chi connectivity index (χ4v) is 2.74. The highest BCUT2D eigenvalue weighted by Crippen LogP contribution is 2.31. The van der Waals surface area contributed by atoms with Crippen molar-refractivity contribution in [2.75, 3.05) is 14.2 Å². The van der Waals surface area contributed by atoms with Gasteiger partial charge in [-0.3, -0.25) is 0 Å². The van der Waals surface area contributed by atoms with Crippen LogP contribution in [-0.2, 0) is 0 Å². The van der Waals surface area contributed by atoms with Gasteiger partial charge in [-0.1, -0.05) is 12.1 Å². The van der Waals surface area contributed by atoms with Gasteiger partial charge in [-0.05, 0) is 73.8 Å². The summed E-state index contributed by atoms with van der Waals surface area (Å²) in [6.07, 6.45) is 0. The maximum atomic E-state index is 13.6. The lowest BCUT2D eigenvalue weighted by Gasteiger charge is -2.23.